The Hall–Kier alpha value is -2.44. The van der Waals surface area contributed by atoms with Crippen LogP contribution in [0.4, 0.5) is 0 Å². The molecule has 0 unspecified atom stereocenters. The first-order valence-corrected chi connectivity index (χ1v) is 11.4. The molecule has 3 aliphatic rings. The van der Waals surface area contributed by atoms with Gasteiger partial charge in [0.05, 0.1) is 17.8 Å². The monoisotopic (exact) mass is 421 g/mol. The zero-order valence-electron chi connectivity index (χ0n) is 18.3. The number of carbonyl (C=O) groups excluding carboxylic acids is 1. The van der Waals surface area contributed by atoms with E-state index >= 15 is 0 Å². The fourth-order valence-electron chi connectivity index (χ4n) is 5.85. The van der Waals surface area contributed by atoms with Gasteiger partial charge in [0.25, 0.3) is 11.5 Å². The number of nitrogens with zero attached hydrogens (tertiary/aromatic N) is 1. The van der Waals surface area contributed by atoms with E-state index in [4.69, 9.17) is 4.74 Å². The van der Waals surface area contributed by atoms with Crippen LogP contribution in [0.2, 0.25) is 0 Å². The molecule has 2 aliphatic carbocycles. The zero-order valence-corrected chi connectivity index (χ0v) is 18.3. The van der Waals surface area contributed by atoms with Crippen LogP contribution in [0.5, 0.6) is 0 Å². The maximum absolute atomic E-state index is 13.5. The Labute approximate surface area is 183 Å². The van der Waals surface area contributed by atoms with Crippen molar-refractivity contribution in [3.05, 3.63) is 63.1 Å². The third-order valence-electron chi connectivity index (χ3n) is 7.55. The molecule has 1 amide bonds. The van der Waals surface area contributed by atoms with Crippen LogP contribution >= 0.6 is 0 Å². The molecule has 0 bridgehead atoms. The normalized spacial score (nSPS) is 27.0. The van der Waals surface area contributed by atoms with Crippen molar-refractivity contribution in [3.8, 4) is 5.69 Å². The number of fused-ring (bicyclic) bond motifs is 2. The number of aryl methyl sites for hydroxylation is 2. The first-order chi connectivity index (χ1) is 15.1. The highest BCUT2D eigenvalue weighted by Crippen LogP contribution is 2.34. The van der Waals surface area contributed by atoms with Crippen LogP contribution in [0.25, 0.3) is 5.69 Å². The second kappa shape index (κ2) is 8.24. The van der Waals surface area contributed by atoms with Crippen LogP contribution in [0, 0.1) is 18.8 Å². The predicted molar refractivity (Wildman–Crippen MR) is 120 cm³/mol. The quantitative estimate of drug-likeness (QED) is 0.795. The van der Waals surface area contributed by atoms with Crippen molar-refractivity contribution in [1.29, 1.82) is 0 Å². The van der Waals surface area contributed by atoms with Crippen molar-refractivity contribution in [2.75, 3.05) is 20.2 Å². The van der Waals surface area contributed by atoms with Crippen LogP contribution < -0.4 is 16.2 Å². The lowest BCUT2D eigenvalue weighted by molar-refractivity contribution is 0.0125. The summed E-state index contributed by atoms with van der Waals surface area (Å²) in [7, 11) is 1.71. The van der Waals surface area contributed by atoms with Crippen LogP contribution in [0.1, 0.15) is 46.3 Å². The predicted octanol–water partition coefficient (Wildman–Crippen LogP) is 2.38. The molecule has 164 valence electrons. The minimum absolute atomic E-state index is 0.0197. The summed E-state index contributed by atoms with van der Waals surface area (Å²) in [5, 5.41) is 6.61. The smallest absolute Gasteiger partial charge is 0.268 e. The van der Waals surface area contributed by atoms with Gasteiger partial charge in [-0.3, -0.25) is 14.2 Å². The van der Waals surface area contributed by atoms with E-state index < -0.39 is 0 Å². The van der Waals surface area contributed by atoms with E-state index in [2.05, 4.69) is 16.7 Å². The number of amides is 1. The highest BCUT2D eigenvalue weighted by Gasteiger charge is 2.40. The molecule has 1 aromatic carbocycles. The number of carbonyl (C=O) groups is 1. The van der Waals surface area contributed by atoms with Crippen LogP contribution in [0.3, 0.4) is 0 Å². The van der Waals surface area contributed by atoms with E-state index in [-0.39, 0.29) is 29.2 Å². The van der Waals surface area contributed by atoms with Gasteiger partial charge in [-0.2, -0.15) is 0 Å². The van der Waals surface area contributed by atoms with E-state index in [0.29, 0.717) is 17.4 Å². The average molecular weight is 422 g/mol. The van der Waals surface area contributed by atoms with Crippen molar-refractivity contribution < 1.29 is 9.53 Å². The Kier molecular flexibility index (Phi) is 5.44. The second-order valence-electron chi connectivity index (χ2n) is 9.32. The van der Waals surface area contributed by atoms with Crippen LogP contribution in [0.15, 0.2) is 35.3 Å². The molecule has 2 fully saturated rings. The standard InChI is InChI=1S/C25H31N3O3/c1-15-9-10-28(21-8-4-6-16-5-3-7-19(16)21)25(30)23(15)24(29)27-20-11-17-13-26-14-18(17)12-22(20)31-2/h4,6,8-10,17-18,20,22,26H,3,5,7,11-14H2,1-2H3,(H,27,29)/t17-,18+,20-,22-/m0/s1. The number of aromatic nitrogens is 1. The topological polar surface area (TPSA) is 72.4 Å². The largest absolute Gasteiger partial charge is 0.379 e. The fourth-order valence-corrected chi connectivity index (χ4v) is 5.85. The molecule has 6 heteroatoms. The molecule has 1 aromatic heterocycles. The van der Waals surface area contributed by atoms with Crippen molar-refractivity contribution in [2.45, 2.75) is 51.2 Å². The minimum Gasteiger partial charge on any atom is -0.379 e. The number of hydrogen-bond acceptors (Lipinski definition) is 4. The molecule has 0 radical (unpaired) electrons. The lowest BCUT2D eigenvalue weighted by Crippen LogP contribution is -2.51. The van der Waals surface area contributed by atoms with Gasteiger partial charge in [-0.05, 0) is 92.8 Å². The molecule has 4 atom stereocenters. The molecule has 2 aromatic rings. The van der Waals surface area contributed by atoms with Gasteiger partial charge in [0.1, 0.15) is 5.56 Å². The number of benzene rings is 1. The molecular formula is C25H31N3O3. The molecule has 31 heavy (non-hydrogen) atoms. The van der Waals surface area contributed by atoms with Crippen LogP contribution in [-0.4, -0.2) is 42.8 Å². The molecule has 0 spiro atoms. The van der Waals surface area contributed by atoms with Gasteiger partial charge in [0, 0.05) is 13.3 Å². The Balaban J connectivity index is 1.45. The van der Waals surface area contributed by atoms with Crippen molar-refractivity contribution >= 4 is 5.91 Å². The molecule has 1 aliphatic heterocycles. The van der Waals surface area contributed by atoms with Crippen molar-refractivity contribution in [3.63, 3.8) is 0 Å². The maximum Gasteiger partial charge on any atom is 0.268 e. The summed E-state index contributed by atoms with van der Waals surface area (Å²) in [6, 6.07) is 7.92. The van der Waals surface area contributed by atoms with Crippen LogP contribution in [-0.2, 0) is 17.6 Å². The van der Waals surface area contributed by atoms with Gasteiger partial charge in [-0.1, -0.05) is 12.1 Å². The minimum atomic E-state index is -0.291. The molecule has 2 N–H and O–H groups in total. The van der Waals surface area contributed by atoms with Gasteiger partial charge in [-0.15, -0.1) is 0 Å². The lowest BCUT2D eigenvalue weighted by Gasteiger charge is -2.37. The van der Waals surface area contributed by atoms with Gasteiger partial charge < -0.3 is 15.4 Å². The molecule has 6 nitrogen and oxygen atoms in total. The number of ether oxygens (including phenoxy) is 1. The maximum atomic E-state index is 13.5. The summed E-state index contributed by atoms with van der Waals surface area (Å²) in [5.41, 5.74) is 4.13. The fraction of sp³-hybridized carbons (Fsp3) is 0.520. The Bertz CT molecular complexity index is 1060. The number of methoxy groups -OCH3 is 1. The first kappa shape index (κ1) is 20.5. The SMILES string of the molecule is CO[C@H]1C[C@@H]2CNC[C@@H]2C[C@@H]1NC(=O)c1c(C)ccn(-c2cccc3c2CCC3)c1=O. The summed E-state index contributed by atoms with van der Waals surface area (Å²) in [4.78, 5) is 26.8. The molecule has 1 saturated heterocycles. The van der Waals surface area contributed by atoms with Gasteiger partial charge in [0.2, 0.25) is 0 Å². The van der Waals surface area contributed by atoms with Crippen molar-refractivity contribution in [1.82, 2.24) is 15.2 Å². The number of rotatable bonds is 4. The van der Waals surface area contributed by atoms with E-state index in [1.165, 1.54) is 11.1 Å². The molecule has 5 rings (SSSR count). The van der Waals surface area contributed by atoms with E-state index in [1.54, 1.807) is 17.9 Å². The Morgan fingerprint density at radius 3 is 2.77 bits per heavy atom. The summed E-state index contributed by atoms with van der Waals surface area (Å²) in [6.07, 6.45) is 6.73. The number of nitrogens with one attached hydrogen (secondary N) is 2. The van der Waals surface area contributed by atoms with E-state index in [1.807, 2.05) is 25.1 Å². The molecule has 1 saturated carbocycles. The summed E-state index contributed by atoms with van der Waals surface area (Å²) in [6.45, 7) is 3.85. The highest BCUT2D eigenvalue weighted by molar-refractivity contribution is 5.95. The van der Waals surface area contributed by atoms with Crippen molar-refractivity contribution in [2.24, 2.45) is 11.8 Å². The first-order valence-electron chi connectivity index (χ1n) is 11.4. The highest BCUT2D eigenvalue weighted by atomic mass is 16.5. The van der Waals surface area contributed by atoms with Gasteiger partial charge >= 0.3 is 0 Å². The summed E-state index contributed by atoms with van der Waals surface area (Å²) in [5.74, 6) is 0.868. The Morgan fingerprint density at radius 1 is 1.16 bits per heavy atom. The zero-order chi connectivity index (χ0) is 21.5. The van der Waals surface area contributed by atoms with E-state index in [0.717, 1.165) is 50.9 Å². The second-order valence-corrected chi connectivity index (χ2v) is 9.32. The Morgan fingerprint density at radius 2 is 1.97 bits per heavy atom. The number of hydrogen-bond donors (Lipinski definition) is 2. The van der Waals surface area contributed by atoms with Gasteiger partial charge in [-0.25, -0.2) is 0 Å². The summed E-state index contributed by atoms with van der Waals surface area (Å²) >= 11 is 0. The third kappa shape index (κ3) is 3.62. The third-order valence-corrected chi connectivity index (χ3v) is 7.55. The molecular weight excluding hydrogens is 390 g/mol. The summed E-state index contributed by atoms with van der Waals surface area (Å²) < 4.78 is 7.38. The lowest BCUT2D eigenvalue weighted by atomic mass is 9.77. The van der Waals surface area contributed by atoms with Gasteiger partial charge in [0.15, 0.2) is 0 Å². The average Bonchev–Trinajstić information content (AvgIpc) is 3.42. The number of pyridine rings is 1. The molecule has 2 heterocycles. The van der Waals surface area contributed by atoms with E-state index in [9.17, 15) is 9.59 Å².